The van der Waals surface area contributed by atoms with Crippen LogP contribution in [-0.2, 0) is 10.3 Å². The molecule has 0 bridgehead atoms. The molecule has 1 spiro atoms. The number of para-hydroxylation sites is 2. The number of hydrazone groups is 1. The van der Waals surface area contributed by atoms with Crippen molar-refractivity contribution in [3.8, 4) is 11.8 Å². The van der Waals surface area contributed by atoms with Crippen molar-refractivity contribution in [1.29, 1.82) is 5.26 Å². The summed E-state index contributed by atoms with van der Waals surface area (Å²) in [5.74, 6) is 0.168. The van der Waals surface area contributed by atoms with Crippen LogP contribution in [0.2, 0.25) is 0 Å². The molecule has 2 aliphatic rings. The largest absolute Gasteiger partial charge is 0.496 e. The number of nitrogens with zero attached hydrogens (tertiary/aromatic N) is 3. The van der Waals surface area contributed by atoms with Crippen molar-refractivity contribution in [2.24, 2.45) is 5.10 Å². The zero-order chi connectivity index (χ0) is 22.3. The first kappa shape index (κ1) is 20.0. The number of amides is 1. The number of methoxy groups -OCH3 is 1. The topological polar surface area (TPSA) is 77.7 Å². The van der Waals surface area contributed by atoms with E-state index in [1.54, 1.807) is 19.4 Å². The molecule has 7 heteroatoms. The van der Waals surface area contributed by atoms with E-state index in [2.05, 4.69) is 32.4 Å². The van der Waals surface area contributed by atoms with E-state index in [0.717, 1.165) is 27.0 Å². The summed E-state index contributed by atoms with van der Waals surface area (Å²) in [4.78, 5) is 13.3. The lowest BCUT2D eigenvalue weighted by molar-refractivity contribution is -0.128. The first-order valence-electron chi connectivity index (χ1n) is 9.89. The Kier molecular flexibility index (Phi) is 4.80. The number of nitrogens with one attached hydrogen (secondary N) is 1. The van der Waals surface area contributed by atoms with Crippen LogP contribution in [-0.4, -0.2) is 24.2 Å². The molecule has 32 heavy (non-hydrogen) atoms. The average Bonchev–Trinajstić information content (AvgIpc) is 3.10. The number of hydrogen-bond donors (Lipinski definition) is 1. The van der Waals surface area contributed by atoms with Crippen LogP contribution >= 0.6 is 15.9 Å². The van der Waals surface area contributed by atoms with Crippen molar-refractivity contribution in [3.63, 3.8) is 0 Å². The third kappa shape index (κ3) is 2.92. The highest BCUT2D eigenvalue weighted by Gasteiger charge is 2.52. The second-order valence-corrected chi connectivity index (χ2v) is 8.32. The van der Waals surface area contributed by atoms with Gasteiger partial charge in [0.05, 0.1) is 13.3 Å². The molecule has 0 atom stereocenters. The van der Waals surface area contributed by atoms with E-state index in [9.17, 15) is 10.1 Å². The van der Waals surface area contributed by atoms with Gasteiger partial charge >= 0.3 is 0 Å². The lowest BCUT2D eigenvalue weighted by Crippen LogP contribution is -2.44. The van der Waals surface area contributed by atoms with E-state index >= 15 is 0 Å². The number of hydrogen-bond acceptors (Lipinski definition) is 5. The van der Waals surface area contributed by atoms with Crippen molar-refractivity contribution in [3.05, 3.63) is 99.5 Å². The Bertz CT molecular complexity index is 1310. The van der Waals surface area contributed by atoms with Crippen LogP contribution in [0.1, 0.15) is 16.7 Å². The zero-order valence-electron chi connectivity index (χ0n) is 17.0. The van der Waals surface area contributed by atoms with E-state index in [1.807, 2.05) is 66.7 Å². The summed E-state index contributed by atoms with van der Waals surface area (Å²) in [5.41, 5.74) is 3.10. The molecule has 0 aliphatic carbocycles. The minimum atomic E-state index is -1.05. The zero-order valence-corrected chi connectivity index (χ0v) is 18.6. The summed E-state index contributed by atoms with van der Waals surface area (Å²) in [6.45, 7) is 0. The van der Waals surface area contributed by atoms with Gasteiger partial charge in [0.2, 0.25) is 0 Å². The summed E-state index contributed by atoms with van der Waals surface area (Å²) in [5, 5.41) is 19.2. The van der Waals surface area contributed by atoms with Gasteiger partial charge in [0.1, 0.15) is 22.9 Å². The Morgan fingerprint density at radius 1 is 1.09 bits per heavy atom. The molecule has 3 aromatic rings. The highest BCUT2D eigenvalue weighted by molar-refractivity contribution is 9.10. The molecule has 5 rings (SSSR count). The molecular weight excluding hydrogens is 468 g/mol. The van der Waals surface area contributed by atoms with Gasteiger partial charge in [-0.25, -0.2) is 5.01 Å². The number of halogens is 1. The Morgan fingerprint density at radius 3 is 2.38 bits per heavy atom. The van der Waals surface area contributed by atoms with Gasteiger partial charge in [-0.15, -0.1) is 0 Å². The fraction of sp³-hybridized carbons (Fsp3) is 0.0800. The minimum absolute atomic E-state index is 0.0508. The van der Waals surface area contributed by atoms with Crippen LogP contribution in [0.5, 0.6) is 5.75 Å². The van der Waals surface area contributed by atoms with Crippen molar-refractivity contribution < 1.29 is 9.53 Å². The molecule has 156 valence electrons. The van der Waals surface area contributed by atoms with Crippen molar-refractivity contribution in [2.45, 2.75) is 5.54 Å². The van der Waals surface area contributed by atoms with Gasteiger partial charge in [0.15, 0.2) is 0 Å². The summed E-state index contributed by atoms with van der Waals surface area (Å²) < 4.78 is 6.30. The molecule has 6 nitrogen and oxygen atoms in total. The number of fused-ring (bicyclic) bond motifs is 4. The number of benzene rings is 3. The fourth-order valence-electron chi connectivity index (χ4n) is 4.28. The Balaban J connectivity index is 1.74. The maximum absolute atomic E-state index is 13.3. The van der Waals surface area contributed by atoms with Gasteiger partial charge in [-0.05, 0) is 36.4 Å². The smallest absolute Gasteiger partial charge is 0.285 e. The first-order valence-corrected chi connectivity index (χ1v) is 10.7. The Labute approximate surface area is 193 Å². The number of nitriles is 1. The maximum atomic E-state index is 13.3. The van der Waals surface area contributed by atoms with E-state index in [0.29, 0.717) is 11.3 Å². The molecule has 3 aromatic carbocycles. The van der Waals surface area contributed by atoms with Crippen LogP contribution in [0.4, 0.5) is 11.4 Å². The predicted molar refractivity (Wildman–Crippen MR) is 126 cm³/mol. The van der Waals surface area contributed by atoms with E-state index < -0.39 is 11.4 Å². The van der Waals surface area contributed by atoms with Crippen LogP contribution in [0, 0.1) is 11.3 Å². The molecule has 0 radical (unpaired) electrons. The second kappa shape index (κ2) is 7.66. The summed E-state index contributed by atoms with van der Waals surface area (Å²) in [7, 11) is 1.58. The quantitative estimate of drug-likeness (QED) is 0.525. The second-order valence-electron chi connectivity index (χ2n) is 7.40. The summed E-state index contributed by atoms with van der Waals surface area (Å²) in [6, 6.07) is 23.1. The number of rotatable bonds is 3. The third-order valence-electron chi connectivity index (χ3n) is 5.68. The van der Waals surface area contributed by atoms with Gasteiger partial charge in [-0.2, -0.15) is 10.4 Å². The highest BCUT2D eigenvalue weighted by atomic mass is 79.9. The van der Waals surface area contributed by atoms with E-state index in [-0.39, 0.29) is 5.57 Å². The first-order chi connectivity index (χ1) is 15.6. The van der Waals surface area contributed by atoms with Gasteiger partial charge < -0.3 is 10.1 Å². The normalized spacial score (nSPS) is 15.7. The predicted octanol–water partition coefficient (Wildman–Crippen LogP) is 5.08. The monoisotopic (exact) mass is 484 g/mol. The SMILES string of the molecule is COc1ccc(Br)cc1/C=N/N1C(=O)C(C#N)=CC12c1ccccc1Nc1ccccc12. The van der Waals surface area contributed by atoms with Crippen molar-refractivity contribution in [1.82, 2.24) is 5.01 Å². The Morgan fingerprint density at radius 2 is 1.75 bits per heavy atom. The molecule has 2 aliphatic heterocycles. The number of anilines is 2. The third-order valence-corrected chi connectivity index (χ3v) is 6.17. The van der Waals surface area contributed by atoms with Gasteiger partial charge in [-0.3, -0.25) is 4.79 Å². The van der Waals surface area contributed by atoms with Gasteiger partial charge in [-0.1, -0.05) is 52.3 Å². The summed E-state index contributed by atoms with van der Waals surface area (Å²) >= 11 is 3.47. The van der Waals surface area contributed by atoms with E-state index in [1.165, 1.54) is 5.01 Å². The van der Waals surface area contributed by atoms with Gasteiger partial charge in [0.25, 0.3) is 5.91 Å². The minimum Gasteiger partial charge on any atom is -0.496 e. The Hall–Kier alpha value is -3.89. The van der Waals surface area contributed by atoms with Crippen molar-refractivity contribution >= 4 is 39.4 Å². The lowest BCUT2D eigenvalue weighted by Gasteiger charge is -2.41. The molecule has 0 saturated carbocycles. The summed E-state index contributed by atoms with van der Waals surface area (Å²) in [6.07, 6.45) is 3.30. The van der Waals surface area contributed by atoms with Gasteiger partial charge in [0, 0.05) is 32.5 Å². The molecule has 0 unspecified atom stereocenters. The lowest BCUT2D eigenvalue weighted by atomic mass is 9.78. The van der Waals surface area contributed by atoms with Crippen molar-refractivity contribution in [2.75, 3.05) is 12.4 Å². The molecule has 0 aromatic heterocycles. The van der Waals surface area contributed by atoms with Crippen LogP contribution < -0.4 is 10.1 Å². The molecule has 1 N–H and O–H groups in total. The van der Waals surface area contributed by atoms with Crippen LogP contribution in [0.3, 0.4) is 0 Å². The molecule has 2 heterocycles. The maximum Gasteiger partial charge on any atom is 0.285 e. The molecule has 1 amide bonds. The van der Waals surface area contributed by atoms with Crippen LogP contribution in [0.15, 0.2) is 88.0 Å². The highest BCUT2D eigenvalue weighted by Crippen LogP contribution is 2.52. The van der Waals surface area contributed by atoms with E-state index in [4.69, 9.17) is 4.74 Å². The molecular formula is C25H17BrN4O2. The fourth-order valence-corrected chi connectivity index (χ4v) is 4.66. The average molecular weight is 485 g/mol. The number of carbonyl (C=O) groups is 1. The number of ether oxygens (including phenoxy) is 1. The molecule has 0 fully saturated rings. The van der Waals surface area contributed by atoms with Crippen LogP contribution in [0.25, 0.3) is 0 Å². The molecule has 0 saturated heterocycles. The number of carbonyl (C=O) groups excluding carboxylic acids is 1. The standard InChI is InChI=1S/C25H17BrN4O2/c1-32-23-11-10-18(26)12-16(23)15-28-30-24(31)17(14-27)13-25(30)19-6-2-4-8-21(19)29-22-9-5-3-7-20(22)25/h2-13,15,29H,1H3/b28-15+.